The van der Waals surface area contributed by atoms with Gasteiger partial charge in [0.15, 0.2) is 0 Å². The van der Waals surface area contributed by atoms with Gasteiger partial charge in [-0.1, -0.05) is 48.5 Å². The summed E-state index contributed by atoms with van der Waals surface area (Å²) in [6.07, 6.45) is -0.295. The molecule has 0 N–H and O–H groups in total. The number of carbonyl (C=O) groups is 2. The Morgan fingerprint density at radius 1 is 0.786 bits per heavy atom. The van der Waals surface area contributed by atoms with Gasteiger partial charge in [0.1, 0.15) is 17.3 Å². The summed E-state index contributed by atoms with van der Waals surface area (Å²) in [7, 11) is 0. The molecule has 0 amide bonds. The van der Waals surface area contributed by atoms with Crippen molar-refractivity contribution in [3.05, 3.63) is 83.1 Å². The van der Waals surface area contributed by atoms with Crippen LogP contribution in [0.25, 0.3) is 11.1 Å². The van der Waals surface area contributed by atoms with Gasteiger partial charge >= 0.3 is 11.9 Å². The smallest absolute Gasteiger partial charge is 0.311 e. The molecular weight excluding hydrogens is 427 g/mol. The molecule has 3 rings (SSSR count). The van der Waals surface area contributed by atoms with Gasteiger partial charge in [0.2, 0.25) is 0 Å². The zero-order chi connectivity index (χ0) is 19.9. The molecule has 0 bridgehead atoms. The third-order valence-electron chi connectivity index (χ3n) is 3.85. The number of esters is 2. The first-order valence-corrected chi connectivity index (χ1v) is 9.33. The van der Waals surface area contributed by atoms with Crippen molar-refractivity contribution in [1.82, 2.24) is 0 Å². The first-order chi connectivity index (χ1) is 13.5. The largest absolute Gasteiger partial charge is 0.426 e. The van der Waals surface area contributed by atoms with Crippen LogP contribution < -0.4 is 9.47 Å². The SMILES string of the molecule is O=C(CCC(=O)Oc1ccccc1-c1ccccc1)Oc1ccc(F)cc1Br. The molecule has 28 heavy (non-hydrogen) atoms. The molecule has 0 radical (unpaired) electrons. The molecule has 0 heterocycles. The maximum absolute atomic E-state index is 13.1. The van der Waals surface area contributed by atoms with E-state index in [4.69, 9.17) is 9.47 Å². The van der Waals surface area contributed by atoms with E-state index in [0.717, 1.165) is 11.1 Å². The predicted octanol–water partition coefficient (Wildman–Crippen LogP) is 5.55. The third kappa shape index (κ3) is 5.27. The van der Waals surface area contributed by atoms with Gasteiger partial charge in [-0.25, -0.2) is 4.39 Å². The van der Waals surface area contributed by atoms with Crippen LogP contribution in [0.1, 0.15) is 12.8 Å². The standard InChI is InChI=1S/C22H16BrFO4/c23-18-14-16(24)10-11-20(18)28-22(26)13-12-21(25)27-19-9-5-4-8-17(19)15-6-2-1-3-7-15/h1-11,14H,12-13H2. The van der Waals surface area contributed by atoms with Gasteiger partial charge in [0.25, 0.3) is 0 Å². The lowest BCUT2D eigenvalue weighted by molar-refractivity contribution is -0.140. The van der Waals surface area contributed by atoms with Gasteiger partial charge < -0.3 is 9.47 Å². The minimum atomic E-state index is -0.611. The first kappa shape index (κ1) is 19.8. The lowest BCUT2D eigenvalue weighted by Gasteiger charge is -2.10. The quantitative estimate of drug-likeness (QED) is 0.371. The van der Waals surface area contributed by atoms with Gasteiger partial charge in [-0.05, 0) is 45.8 Å². The molecule has 0 saturated carbocycles. The molecule has 3 aromatic carbocycles. The van der Waals surface area contributed by atoms with E-state index < -0.39 is 17.8 Å². The van der Waals surface area contributed by atoms with Crippen LogP contribution in [0.2, 0.25) is 0 Å². The fraction of sp³-hybridized carbons (Fsp3) is 0.0909. The van der Waals surface area contributed by atoms with Crippen LogP contribution in [-0.4, -0.2) is 11.9 Å². The number of hydrogen-bond donors (Lipinski definition) is 0. The normalized spacial score (nSPS) is 10.4. The Morgan fingerprint density at radius 3 is 2.07 bits per heavy atom. The third-order valence-corrected chi connectivity index (χ3v) is 4.47. The number of carbonyl (C=O) groups excluding carboxylic acids is 2. The topological polar surface area (TPSA) is 52.6 Å². The Labute approximate surface area is 170 Å². The fourth-order valence-corrected chi connectivity index (χ4v) is 2.95. The van der Waals surface area contributed by atoms with Crippen LogP contribution in [0.5, 0.6) is 11.5 Å². The molecule has 0 aliphatic carbocycles. The minimum absolute atomic E-state index is 0.138. The molecule has 0 fully saturated rings. The van der Waals surface area contributed by atoms with E-state index in [0.29, 0.717) is 10.2 Å². The Hall–Kier alpha value is -2.99. The van der Waals surface area contributed by atoms with Crippen molar-refractivity contribution in [2.24, 2.45) is 0 Å². The molecule has 4 nitrogen and oxygen atoms in total. The first-order valence-electron chi connectivity index (χ1n) is 8.54. The molecule has 142 valence electrons. The maximum Gasteiger partial charge on any atom is 0.311 e. The number of hydrogen-bond acceptors (Lipinski definition) is 4. The summed E-state index contributed by atoms with van der Waals surface area (Å²) in [6.45, 7) is 0. The highest BCUT2D eigenvalue weighted by atomic mass is 79.9. The molecular formula is C22H16BrFO4. The summed E-state index contributed by atoms with van der Waals surface area (Å²) < 4.78 is 24.0. The van der Waals surface area contributed by atoms with Crippen LogP contribution in [0, 0.1) is 5.82 Å². The molecule has 0 aliphatic heterocycles. The Bertz CT molecular complexity index is 989. The van der Waals surface area contributed by atoms with Crippen molar-refractivity contribution < 1.29 is 23.5 Å². The van der Waals surface area contributed by atoms with Crippen molar-refractivity contribution in [2.75, 3.05) is 0 Å². The van der Waals surface area contributed by atoms with Crippen molar-refractivity contribution in [3.63, 3.8) is 0 Å². The van der Waals surface area contributed by atoms with Crippen LogP contribution in [0.4, 0.5) is 4.39 Å². The average molecular weight is 443 g/mol. The van der Waals surface area contributed by atoms with E-state index in [2.05, 4.69) is 15.9 Å². The van der Waals surface area contributed by atoms with Crippen LogP contribution >= 0.6 is 15.9 Å². The zero-order valence-electron chi connectivity index (χ0n) is 14.7. The summed E-state index contributed by atoms with van der Waals surface area (Å²) in [4.78, 5) is 24.1. The number of rotatable bonds is 6. The molecule has 0 spiro atoms. The second-order valence-corrected chi connectivity index (χ2v) is 6.74. The molecule has 0 saturated heterocycles. The highest BCUT2D eigenvalue weighted by Crippen LogP contribution is 2.30. The fourth-order valence-electron chi connectivity index (χ4n) is 2.52. The predicted molar refractivity (Wildman–Crippen MR) is 106 cm³/mol. The number of ether oxygens (including phenoxy) is 2. The van der Waals surface area contributed by atoms with Crippen LogP contribution in [0.3, 0.4) is 0 Å². The summed E-state index contributed by atoms with van der Waals surface area (Å²) >= 11 is 3.12. The van der Waals surface area contributed by atoms with Crippen molar-refractivity contribution in [2.45, 2.75) is 12.8 Å². The Morgan fingerprint density at radius 2 is 1.39 bits per heavy atom. The van der Waals surface area contributed by atoms with Crippen LogP contribution in [0.15, 0.2) is 77.3 Å². The summed E-state index contributed by atoms with van der Waals surface area (Å²) in [6, 6.07) is 20.5. The average Bonchev–Trinajstić information content (AvgIpc) is 2.70. The minimum Gasteiger partial charge on any atom is -0.426 e. The van der Waals surface area contributed by atoms with Crippen molar-refractivity contribution in [3.8, 4) is 22.6 Å². The number of benzene rings is 3. The Kier molecular flexibility index (Phi) is 6.55. The van der Waals surface area contributed by atoms with E-state index in [-0.39, 0.29) is 18.6 Å². The number of halogens is 2. The molecule has 0 atom stereocenters. The van der Waals surface area contributed by atoms with Gasteiger partial charge in [0.05, 0.1) is 17.3 Å². The molecule has 6 heteroatoms. The van der Waals surface area contributed by atoms with Gasteiger partial charge in [-0.3, -0.25) is 9.59 Å². The highest BCUT2D eigenvalue weighted by molar-refractivity contribution is 9.10. The second-order valence-electron chi connectivity index (χ2n) is 5.89. The molecule has 3 aromatic rings. The summed E-state index contributed by atoms with van der Waals surface area (Å²) in [5, 5.41) is 0. The van der Waals surface area contributed by atoms with Crippen LogP contribution in [-0.2, 0) is 9.59 Å². The van der Waals surface area contributed by atoms with E-state index in [9.17, 15) is 14.0 Å². The monoisotopic (exact) mass is 442 g/mol. The van der Waals surface area contributed by atoms with Crippen molar-refractivity contribution >= 4 is 27.9 Å². The highest BCUT2D eigenvalue weighted by Gasteiger charge is 2.14. The van der Waals surface area contributed by atoms with E-state index in [1.807, 2.05) is 42.5 Å². The second kappa shape index (κ2) is 9.28. The number of para-hydroxylation sites is 1. The lowest BCUT2D eigenvalue weighted by atomic mass is 10.1. The Balaban J connectivity index is 1.58. The van der Waals surface area contributed by atoms with Gasteiger partial charge in [-0.2, -0.15) is 0 Å². The summed E-state index contributed by atoms with van der Waals surface area (Å²) in [5.74, 6) is -0.992. The molecule has 0 aromatic heterocycles. The lowest BCUT2D eigenvalue weighted by Crippen LogP contribution is -2.14. The van der Waals surface area contributed by atoms with E-state index in [1.165, 1.54) is 18.2 Å². The van der Waals surface area contributed by atoms with E-state index in [1.54, 1.807) is 12.1 Å². The summed E-state index contributed by atoms with van der Waals surface area (Å²) in [5.41, 5.74) is 1.71. The zero-order valence-corrected chi connectivity index (χ0v) is 16.3. The molecule has 0 unspecified atom stereocenters. The maximum atomic E-state index is 13.1. The molecule has 0 aliphatic rings. The van der Waals surface area contributed by atoms with E-state index >= 15 is 0 Å². The van der Waals surface area contributed by atoms with Gasteiger partial charge in [0, 0.05) is 5.56 Å². The van der Waals surface area contributed by atoms with Gasteiger partial charge in [-0.15, -0.1) is 0 Å². The van der Waals surface area contributed by atoms with Crippen molar-refractivity contribution in [1.29, 1.82) is 0 Å².